The van der Waals surface area contributed by atoms with Crippen molar-refractivity contribution >= 4 is 44.1 Å². The number of rotatable bonds is 2. The lowest BCUT2D eigenvalue weighted by Crippen LogP contribution is -2.19. The molecule has 22 heavy (non-hydrogen) atoms. The molecule has 0 aliphatic rings. The molecule has 0 atom stereocenters. The molecule has 4 nitrogen and oxygen atoms in total. The predicted molar refractivity (Wildman–Crippen MR) is 92.4 cm³/mol. The Balaban J connectivity index is 1.80. The van der Waals surface area contributed by atoms with Crippen molar-refractivity contribution in [3.63, 3.8) is 0 Å². The van der Waals surface area contributed by atoms with Gasteiger partial charge in [-0.05, 0) is 53.9 Å². The molecular formula is C17H13BrN2O2. The number of benzene rings is 3. The molecule has 110 valence electrons. The van der Waals surface area contributed by atoms with Crippen molar-refractivity contribution in [1.29, 1.82) is 0 Å². The van der Waals surface area contributed by atoms with E-state index in [2.05, 4.69) is 26.6 Å². The number of anilines is 2. The highest BCUT2D eigenvalue weighted by atomic mass is 79.9. The number of phenolic OH excluding ortho intramolecular Hbond substituents is 1. The van der Waals surface area contributed by atoms with Crippen LogP contribution in [0, 0.1) is 0 Å². The Morgan fingerprint density at radius 3 is 2.50 bits per heavy atom. The van der Waals surface area contributed by atoms with Gasteiger partial charge in [0, 0.05) is 15.5 Å². The minimum absolute atomic E-state index is 0.198. The molecule has 0 aromatic heterocycles. The van der Waals surface area contributed by atoms with Gasteiger partial charge in [-0.15, -0.1) is 0 Å². The fourth-order valence-corrected chi connectivity index (χ4v) is 2.46. The Morgan fingerprint density at radius 2 is 1.73 bits per heavy atom. The van der Waals surface area contributed by atoms with Gasteiger partial charge in [0.2, 0.25) is 0 Å². The van der Waals surface area contributed by atoms with Crippen LogP contribution in [0.1, 0.15) is 0 Å². The summed E-state index contributed by atoms with van der Waals surface area (Å²) >= 11 is 3.35. The van der Waals surface area contributed by atoms with Crippen LogP contribution in [0.4, 0.5) is 16.2 Å². The topological polar surface area (TPSA) is 61.4 Å². The molecule has 0 fully saturated rings. The van der Waals surface area contributed by atoms with Crippen molar-refractivity contribution in [2.75, 3.05) is 10.6 Å². The molecule has 3 N–H and O–H groups in total. The van der Waals surface area contributed by atoms with Crippen LogP contribution in [0.3, 0.4) is 0 Å². The number of carbonyl (C=O) groups is 1. The van der Waals surface area contributed by atoms with Gasteiger partial charge in [-0.25, -0.2) is 4.79 Å². The summed E-state index contributed by atoms with van der Waals surface area (Å²) in [7, 11) is 0. The van der Waals surface area contributed by atoms with Gasteiger partial charge in [0.15, 0.2) is 0 Å². The minimum Gasteiger partial charge on any atom is -0.508 e. The third-order valence-corrected chi connectivity index (χ3v) is 3.74. The van der Waals surface area contributed by atoms with Crippen LogP contribution in [0.2, 0.25) is 0 Å². The van der Waals surface area contributed by atoms with Crippen molar-refractivity contribution < 1.29 is 9.90 Å². The first-order chi connectivity index (χ1) is 10.6. The van der Waals surface area contributed by atoms with E-state index in [1.54, 1.807) is 18.2 Å². The monoisotopic (exact) mass is 356 g/mol. The number of aromatic hydroxyl groups is 1. The van der Waals surface area contributed by atoms with Crippen molar-refractivity contribution in [2.24, 2.45) is 0 Å². The van der Waals surface area contributed by atoms with Crippen molar-refractivity contribution in [1.82, 2.24) is 0 Å². The van der Waals surface area contributed by atoms with Crippen LogP contribution in [0.5, 0.6) is 5.75 Å². The van der Waals surface area contributed by atoms with Crippen molar-refractivity contribution in [2.45, 2.75) is 0 Å². The quantitative estimate of drug-likeness (QED) is 0.608. The van der Waals surface area contributed by atoms with E-state index in [0.717, 1.165) is 15.2 Å². The third kappa shape index (κ3) is 3.20. The van der Waals surface area contributed by atoms with E-state index in [9.17, 15) is 9.90 Å². The number of nitrogens with one attached hydrogen (secondary N) is 2. The second-order valence-corrected chi connectivity index (χ2v) is 5.71. The Bertz CT molecular complexity index is 832. The van der Waals surface area contributed by atoms with E-state index >= 15 is 0 Å². The largest absolute Gasteiger partial charge is 0.508 e. The van der Waals surface area contributed by atoms with Crippen LogP contribution < -0.4 is 10.6 Å². The number of hydrogen-bond donors (Lipinski definition) is 3. The molecule has 0 heterocycles. The first kappa shape index (κ1) is 14.4. The maximum Gasteiger partial charge on any atom is 0.323 e. The maximum atomic E-state index is 12.1. The number of carbonyl (C=O) groups excluding carboxylic acids is 1. The van der Waals surface area contributed by atoms with E-state index in [1.165, 1.54) is 0 Å². The lowest BCUT2D eigenvalue weighted by atomic mass is 10.1. The molecule has 0 saturated heterocycles. The predicted octanol–water partition coefficient (Wildman–Crippen LogP) is 4.95. The first-order valence-electron chi connectivity index (χ1n) is 6.67. The van der Waals surface area contributed by atoms with Crippen LogP contribution in [-0.4, -0.2) is 11.1 Å². The molecule has 3 rings (SSSR count). The Morgan fingerprint density at radius 1 is 0.955 bits per heavy atom. The Labute approximate surface area is 135 Å². The van der Waals surface area contributed by atoms with Gasteiger partial charge in [0.1, 0.15) is 5.75 Å². The number of fused-ring (bicyclic) bond motifs is 1. The maximum absolute atomic E-state index is 12.1. The number of halogens is 1. The highest BCUT2D eigenvalue weighted by molar-refractivity contribution is 9.10. The summed E-state index contributed by atoms with van der Waals surface area (Å²) in [6.07, 6.45) is 0. The summed E-state index contributed by atoms with van der Waals surface area (Å²) in [6.45, 7) is 0. The summed E-state index contributed by atoms with van der Waals surface area (Å²) in [5, 5.41) is 16.8. The molecule has 5 heteroatoms. The summed E-state index contributed by atoms with van der Waals surface area (Å²) in [6, 6.07) is 17.6. The van der Waals surface area contributed by atoms with E-state index in [0.29, 0.717) is 11.4 Å². The summed E-state index contributed by atoms with van der Waals surface area (Å²) in [5.74, 6) is 0.198. The van der Waals surface area contributed by atoms with Crippen molar-refractivity contribution in [3.8, 4) is 5.75 Å². The molecule has 0 radical (unpaired) electrons. The number of amides is 2. The average Bonchev–Trinajstić information content (AvgIpc) is 2.49. The standard InChI is InChI=1S/C17H13BrN2O2/c18-12-4-6-13(7-5-12)19-17(22)20-16-3-1-2-11-10-14(21)8-9-15(11)16/h1-10,21H,(H2,19,20,22). The SMILES string of the molecule is O=C(Nc1ccc(Br)cc1)Nc1cccc2cc(O)ccc12. The molecule has 3 aromatic rings. The average molecular weight is 357 g/mol. The minimum atomic E-state index is -0.317. The van der Waals surface area contributed by atoms with Gasteiger partial charge in [0.25, 0.3) is 0 Å². The molecule has 0 aliphatic carbocycles. The molecule has 0 unspecified atom stereocenters. The number of hydrogen-bond acceptors (Lipinski definition) is 2. The fraction of sp³-hybridized carbons (Fsp3) is 0. The summed E-state index contributed by atoms with van der Waals surface area (Å²) in [4.78, 5) is 12.1. The molecule has 2 amide bonds. The highest BCUT2D eigenvalue weighted by Crippen LogP contribution is 2.26. The zero-order valence-electron chi connectivity index (χ0n) is 11.5. The molecule has 0 bridgehead atoms. The molecular weight excluding hydrogens is 344 g/mol. The Kier molecular flexibility index (Phi) is 3.98. The second kappa shape index (κ2) is 6.07. The molecule has 0 spiro atoms. The van der Waals surface area contributed by atoms with E-state index in [4.69, 9.17) is 0 Å². The fourth-order valence-electron chi connectivity index (χ4n) is 2.20. The lowest BCUT2D eigenvalue weighted by molar-refractivity contribution is 0.262. The van der Waals surface area contributed by atoms with Gasteiger partial charge in [-0.3, -0.25) is 0 Å². The van der Waals surface area contributed by atoms with Crippen LogP contribution in [0.15, 0.2) is 65.1 Å². The van der Waals surface area contributed by atoms with E-state index in [-0.39, 0.29) is 11.8 Å². The molecule has 0 aliphatic heterocycles. The van der Waals surface area contributed by atoms with Crippen molar-refractivity contribution in [3.05, 3.63) is 65.1 Å². The van der Waals surface area contributed by atoms with Crippen LogP contribution in [-0.2, 0) is 0 Å². The Hall–Kier alpha value is -2.53. The second-order valence-electron chi connectivity index (χ2n) is 4.80. The van der Waals surface area contributed by atoms with E-state index < -0.39 is 0 Å². The number of phenols is 1. The zero-order chi connectivity index (χ0) is 15.5. The summed E-state index contributed by atoms with van der Waals surface area (Å²) in [5.41, 5.74) is 1.39. The van der Waals surface area contributed by atoms with E-state index in [1.807, 2.05) is 42.5 Å². The smallest absolute Gasteiger partial charge is 0.323 e. The van der Waals surface area contributed by atoms with Crippen LogP contribution >= 0.6 is 15.9 Å². The van der Waals surface area contributed by atoms with Crippen LogP contribution in [0.25, 0.3) is 10.8 Å². The van der Waals surface area contributed by atoms with Gasteiger partial charge in [0.05, 0.1) is 5.69 Å². The highest BCUT2D eigenvalue weighted by Gasteiger charge is 2.06. The van der Waals surface area contributed by atoms with Gasteiger partial charge in [-0.2, -0.15) is 0 Å². The molecule has 0 saturated carbocycles. The van der Waals surface area contributed by atoms with Gasteiger partial charge >= 0.3 is 6.03 Å². The van der Waals surface area contributed by atoms with Gasteiger partial charge in [-0.1, -0.05) is 28.1 Å². The first-order valence-corrected chi connectivity index (χ1v) is 7.46. The molecule has 3 aromatic carbocycles. The van der Waals surface area contributed by atoms with Gasteiger partial charge < -0.3 is 15.7 Å². The summed E-state index contributed by atoms with van der Waals surface area (Å²) < 4.78 is 0.951. The number of urea groups is 1. The zero-order valence-corrected chi connectivity index (χ0v) is 13.1. The normalized spacial score (nSPS) is 10.4. The lowest BCUT2D eigenvalue weighted by Gasteiger charge is -2.10. The third-order valence-electron chi connectivity index (χ3n) is 3.21.